The third-order valence-corrected chi connectivity index (χ3v) is 4.95. The summed E-state index contributed by atoms with van der Waals surface area (Å²) in [7, 11) is 0.220. The summed E-state index contributed by atoms with van der Waals surface area (Å²) in [6, 6.07) is 25.9. The van der Waals surface area contributed by atoms with Crippen LogP contribution in [0.3, 0.4) is 0 Å². The number of nitrogens with one attached hydrogen (secondary N) is 3. The molecule has 3 N–H and O–H groups in total. The Labute approximate surface area is 171 Å². The normalized spacial score (nSPS) is 10.8. The maximum Gasteiger partial charge on any atom is 0.254 e. The van der Waals surface area contributed by atoms with Crippen LogP contribution in [0.4, 0.5) is 0 Å². The van der Waals surface area contributed by atoms with Crippen molar-refractivity contribution in [2.75, 3.05) is 0 Å². The van der Waals surface area contributed by atoms with Crippen LogP contribution in [0.25, 0.3) is 0 Å². The predicted molar refractivity (Wildman–Crippen MR) is 114 cm³/mol. The SMILES string of the molecule is O=C(NC([SiH3])(NC(=O)c1ccccc1)NC(=O)c1ccccc1)c1ccccc1. The average molecular weight is 404 g/mol. The Bertz CT molecular complexity index is 866. The molecule has 0 aliphatic carbocycles. The fourth-order valence-electron chi connectivity index (χ4n) is 2.76. The largest absolute Gasteiger partial charge is 0.317 e. The molecule has 0 fully saturated rings. The van der Waals surface area contributed by atoms with Crippen molar-refractivity contribution in [3.63, 3.8) is 0 Å². The second kappa shape index (κ2) is 8.98. The monoisotopic (exact) mass is 403 g/mol. The van der Waals surface area contributed by atoms with Gasteiger partial charge in [-0.1, -0.05) is 54.6 Å². The van der Waals surface area contributed by atoms with Gasteiger partial charge < -0.3 is 16.0 Å². The molecule has 29 heavy (non-hydrogen) atoms. The third-order valence-electron chi connectivity index (χ3n) is 4.20. The molecule has 0 saturated carbocycles. The Balaban J connectivity index is 1.84. The summed E-state index contributed by atoms with van der Waals surface area (Å²) in [6.07, 6.45) is 0. The molecule has 0 aromatic heterocycles. The van der Waals surface area contributed by atoms with Crippen molar-refractivity contribution < 1.29 is 14.4 Å². The van der Waals surface area contributed by atoms with E-state index in [2.05, 4.69) is 16.0 Å². The Kier molecular flexibility index (Phi) is 6.21. The first-order valence-electron chi connectivity index (χ1n) is 9.09. The van der Waals surface area contributed by atoms with Crippen molar-refractivity contribution in [1.82, 2.24) is 16.0 Å². The molecule has 7 heteroatoms. The maximum absolute atomic E-state index is 12.7. The smallest absolute Gasteiger partial charge is 0.254 e. The summed E-state index contributed by atoms with van der Waals surface area (Å²) < 4.78 is 0. The Morgan fingerprint density at radius 1 is 0.517 bits per heavy atom. The molecule has 146 valence electrons. The van der Waals surface area contributed by atoms with Crippen LogP contribution >= 0.6 is 0 Å². The minimum atomic E-state index is -1.38. The van der Waals surface area contributed by atoms with E-state index in [9.17, 15) is 14.4 Å². The first-order chi connectivity index (χ1) is 14.0. The highest BCUT2D eigenvalue weighted by molar-refractivity contribution is 6.20. The van der Waals surface area contributed by atoms with E-state index in [0.29, 0.717) is 16.7 Å². The first kappa shape index (κ1) is 20.0. The first-order valence-corrected chi connectivity index (χ1v) is 10.1. The zero-order valence-corrected chi connectivity index (χ0v) is 17.9. The van der Waals surface area contributed by atoms with Gasteiger partial charge in [0.25, 0.3) is 17.7 Å². The van der Waals surface area contributed by atoms with E-state index in [1.165, 1.54) is 0 Å². The van der Waals surface area contributed by atoms with Crippen molar-refractivity contribution in [1.29, 1.82) is 0 Å². The molecule has 0 radical (unpaired) electrons. The second-order valence-electron chi connectivity index (χ2n) is 6.59. The Morgan fingerprint density at radius 3 is 1.00 bits per heavy atom. The van der Waals surface area contributed by atoms with Crippen molar-refractivity contribution in [3.05, 3.63) is 108 Å². The third kappa shape index (κ3) is 5.39. The van der Waals surface area contributed by atoms with Gasteiger partial charge in [0.2, 0.25) is 0 Å². The van der Waals surface area contributed by atoms with E-state index in [1.54, 1.807) is 91.0 Å². The molecule has 0 spiro atoms. The highest BCUT2D eigenvalue weighted by atomic mass is 28.1. The molecule has 3 rings (SSSR count). The van der Waals surface area contributed by atoms with Crippen molar-refractivity contribution in [3.8, 4) is 0 Å². The summed E-state index contributed by atoms with van der Waals surface area (Å²) >= 11 is 0. The number of hydrogen-bond donors (Lipinski definition) is 3. The lowest BCUT2D eigenvalue weighted by Gasteiger charge is -2.33. The van der Waals surface area contributed by atoms with Crippen LogP contribution in [0.2, 0.25) is 0 Å². The molecular weight excluding hydrogens is 382 g/mol. The number of rotatable bonds is 6. The van der Waals surface area contributed by atoms with E-state index in [0.717, 1.165) is 0 Å². The van der Waals surface area contributed by atoms with Crippen LogP contribution in [0.5, 0.6) is 0 Å². The summed E-state index contributed by atoms with van der Waals surface area (Å²) in [6.45, 7) is 0. The van der Waals surface area contributed by atoms with Gasteiger partial charge in [0.05, 0.1) is 10.2 Å². The van der Waals surface area contributed by atoms with Crippen molar-refractivity contribution in [2.45, 2.75) is 5.41 Å². The second-order valence-corrected chi connectivity index (χ2v) is 8.09. The summed E-state index contributed by atoms with van der Waals surface area (Å²) in [5.41, 5.74) is -0.103. The highest BCUT2D eigenvalue weighted by Crippen LogP contribution is 2.06. The molecule has 3 aromatic rings. The summed E-state index contributed by atoms with van der Waals surface area (Å²) in [5.74, 6) is -1.20. The fraction of sp³-hybridized carbons (Fsp3) is 0.0455. The van der Waals surface area contributed by atoms with Gasteiger partial charge in [-0.2, -0.15) is 0 Å². The van der Waals surface area contributed by atoms with E-state index in [4.69, 9.17) is 0 Å². The van der Waals surface area contributed by atoms with Gasteiger partial charge in [-0.15, -0.1) is 0 Å². The number of carbonyl (C=O) groups is 3. The highest BCUT2D eigenvalue weighted by Gasteiger charge is 2.31. The number of hydrogen-bond acceptors (Lipinski definition) is 3. The van der Waals surface area contributed by atoms with E-state index < -0.39 is 23.1 Å². The lowest BCUT2D eigenvalue weighted by Crippen LogP contribution is -2.71. The molecule has 3 aromatic carbocycles. The lowest BCUT2D eigenvalue weighted by molar-refractivity contribution is 0.0794. The van der Waals surface area contributed by atoms with Gasteiger partial charge in [-0.25, -0.2) is 0 Å². The lowest BCUT2D eigenvalue weighted by atomic mass is 10.2. The molecule has 3 amide bonds. The van der Waals surface area contributed by atoms with Crippen LogP contribution < -0.4 is 16.0 Å². The minimum absolute atomic E-state index is 0.220. The van der Waals surface area contributed by atoms with Gasteiger partial charge >= 0.3 is 0 Å². The van der Waals surface area contributed by atoms with Crippen LogP contribution in [0, 0.1) is 0 Å². The average Bonchev–Trinajstić information content (AvgIpc) is 2.75. The van der Waals surface area contributed by atoms with Crippen LogP contribution in [0.1, 0.15) is 31.1 Å². The topological polar surface area (TPSA) is 87.3 Å². The van der Waals surface area contributed by atoms with Gasteiger partial charge in [0.1, 0.15) is 0 Å². The maximum atomic E-state index is 12.7. The molecule has 6 nitrogen and oxygen atoms in total. The van der Waals surface area contributed by atoms with Crippen LogP contribution in [-0.4, -0.2) is 33.4 Å². The van der Waals surface area contributed by atoms with Crippen molar-refractivity contribution in [2.24, 2.45) is 0 Å². The van der Waals surface area contributed by atoms with Gasteiger partial charge in [0.15, 0.2) is 5.41 Å². The van der Waals surface area contributed by atoms with E-state index in [-0.39, 0.29) is 10.2 Å². The molecule has 0 atom stereocenters. The molecule has 0 heterocycles. The number of amides is 3. The van der Waals surface area contributed by atoms with E-state index in [1.807, 2.05) is 0 Å². The Hall–Kier alpha value is -3.71. The quantitative estimate of drug-likeness (QED) is 0.428. The Morgan fingerprint density at radius 2 is 0.759 bits per heavy atom. The fourth-order valence-corrected chi connectivity index (χ4v) is 3.44. The van der Waals surface area contributed by atoms with Gasteiger partial charge in [-0.3, -0.25) is 14.4 Å². The van der Waals surface area contributed by atoms with Crippen molar-refractivity contribution >= 4 is 28.0 Å². The van der Waals surface area contributed by atoms with Gasteiger partial charge in [-0.05, 0) is 36.4 Å². The molecule has 0 saturated heterocycles. The summed E-state index contributed by atoms with van der Waals surface area (Å²) in [5, 5.41) is 8.31. The van der Waals surface area contributed by atoms with Gasteiger partial charge in [0, 0.05) is 16.7 Å². The predicted octanol–water partition coefficient (Wildman–Crippen LogP) is 1.25. The van der Waals surface area contributed by atoms with E-state index >= 15 is 0 Å². The standard InChI is InChI=1S/C22H21N3O3Si/c26-19(16-10-4-1-5-11-16)23-22(29,24-20(27)17-12-6-2-7-13-17)25-21(28)18-14-8-3-9-15-18/h1-15H,29H3,(H,23,26)(H,24,27)(H,25,28). The zero-order valence-electron chi connectivity index (χ0n) is 15.9. The minimum Gasteiger partial charge on any atom is -0.317 e. The molecule has 0 unspecified atom stereocenters. The van der Waals surface area contributed by atoms with Crippen LogP contribution in [-0.2, 0) is 0 Å². The van der Waals surface area contributed by atoms with Crippen LogP contribution in [0.15, 0.2) is 91.0 Å². The number of benzene rings is 3. The zero-order chi connectivity index (χ0) is 20.7. The molecule has 0 aliphatic rings. The molecular formula is C22H21N3O3Si. The summed E-state index contributed by atoms with van der Waals surface area (Å²) in [4.78, 5) is 38.1. The molecule has 0 bridgehead atoms. The number of carbonyl (C=O) groups excluding carboxylic acids is 3. The molecule has 0 aliphatic heterocycles.